The van der Waals surface area contributed by atoms with Gasteiger partial charge in [0.15, 0.2) is 0 Å². The van der Waals surface area contributed by atoms with Crippen molar-refractivity contribution in [2.24, 2.45) is 0 Å². The predicted molar refractivity (Wildman–Crippen MR) is 52.8 cm³/mol. The van der Waals surface area contributed by atoms with Crippen LogP contribution >= 0.6 is 11.6 Å². The van der Waals surface area contributed by atoms with Gasteiger partial charge in [0.05, 0.1) is 0 Å². The van der Waals surface area contributed by atoms with Crippen molar-refractivity contribution in [1.29, 1.82) is 0 Å². The molecule has 0 radical (unpaired) electrons. The van der Waals surface area contributed by atoms with E-state index < -0.39 is 5.95 Å². The van der Waals surface area contributed by atoms with E-state index in [4.69, 9.17) is 11.6 Å². The first kappa shape index (κ1) is 10.9. The van der Waals surface area contributed by atoms with Crippen LogP contribution in [-0.4, -0.2) is 16.8 Å². The Hall–Kier alpha value is -1.16. The molecule has 0 atom stereocenters. The zero-order valence-electron chi connectivity index (χ0n) is 7.46. The molecular formula is C9H10ClFN2O. The van der Waals surface area contributed by atoms with Gasteiger partial charge in [0.1, 0.15) is 5.82 Å². The largest absolute Gasteiger partial charge is 0.311 e. The second-order valence-corrected chi connectivity index (χ2v) is 3.06. The van der Waals surface area contributed by atoms with Crippen LogP contribution in [0.25, 0.3) is 0 Å². The van der Waals surface area contributed by atoms with Gasteiger partial charge in [-0.05, 0) is 18.6 Å². The van der Waals surface area contributed by atoms with Gasteiger partial charge >= 0.3 is 0 Å². The van der Waals surface area contributed by atoms with Crippen LogP contribution in [-0.2, 0) is 4.79 Å². The smallest absolute Gasteiger partial charge is 0.225 e. The van der Waals surface area contributed by atoms with Crippen molar-refractivity contribution in [3.63, 3.8) is 0 Å². The average molecular weight is 217 g/mol. The number of pyridine rings is 1. The second-order valence-electron chi connectivity index (χ2n) is 2.69. The van der Waals surface area contributed by atoms with Gasteiger partial charge in [0.25, 0.3) is 0 Å². The molecule has 1 N–H and O–H groups in total. The summed E-state index contributed by atoms with van der Waals surface area (Å²) in [5.74, 6) is -0.155. The monoisotopic (exact) mass is 216 g/mol. The Bertz CT molecular complexity index is 319. The summed E-state index contributed by atoms with van der Waals surface area (Å²) < 4.78 is 12.6. The highest BCUT2D eigenvalue weighted by Crippen LogP contribution is 2.04. The number of hydrogen-bond donors (Lipinski definition) is 1. The lowest BCUT2D eigenvalue weighted by molar-refractivity contribution is -0.116. The van der Waals surface area contributed by atoms with Crippen LogP contribution in [0.15, 0.2) is 18.2 Å². The van der Waals surface area contributed by atoms with Crippen LogP contribution in [0.3, 0.4) is 0 Å². The standard InChI is InChI=1S/C9H10ClFN2O/c10-6-2-5-9(14)13-8-4-1-3-7(11)12-8/h1,3-4H,2,5-6H2,(H,12,13,14). The van der Waals surface area contributed by atoms with Crippen LogP contribution in [0.1, 0.15) is 12.8 Å². The molecule has 1 amide bonds. The van der Waals surface area contributed by atoms with E-state index in [1.54, 1.807) is 0 Å². The minimum Gasteiger partial charge on any atom is -0.311 e. The minimum atomic E-state index is -0.611. The maximum Gasteiger partial charge on any atom is 0.225 e. The number of nitrogens with one attached hydrogen (secondary N) is 1. The molecule has 1 rings (SSSR count). The molecule has 0 bridgehead atoms. The van der Waals surface area contributed by atoms with Crippen molar-refractivity contribution in [2.45, 2.75) is 12.8 Å². The highest BCUT2D eigenvalue weighted by molar-refractivity contribution is 6.18. The van der Waals surface area contributed by atoms with E-state index in [9.17, 15) is 9.18 Å². The van der Waals surface area contributed by atoms with E-state index in [1.165, 1.54) is 18.2 Å². The van der Waals surface area contributed by atoms with Gasteiger partial charge in [0, 0.05) is 12.3 Å². The third-order valence-corrected chi connectivity index (χ3v) is 1.79. The van der Waals surface area contributed by atoms with Crippen molar-refractivity contribution >= 4 is 23.3 Å². The lowest BCUT2D eigenvalue weighted by atomic mass is 10.3. The summed E-state index contributed by atoms with van der Waals surface area (Å²) in [6, 6.07) is 4.23. The lowest BCUT2D eigenvalue weighted by Crippen LogP contribution is -2.12. The number of carbonyl (C=O) groups excluding carboxylic acids is 1. The molecule has 0 spiro atoms. The summed E-state index contributed by atoms with van der Waals surface area (Å²) in [4.78, 5) is 14.6. The van der Waals surface area contributed by atoms with Crippen LogP contribution in [0, 0.1) is 5.95 Å². The molecule has 0 unspecified atom stereocenters. The van der Waals surface area contributed by atoms with Crippen LogP contribution in [0.2, 0.25) is 0 Å². The van der Waals surface area contributed by atoms with Gasteiger partial charge in [-0.25, -0.2) is 4.98 Å². The molecule has 76 valence electrons. The summed E-state index contributed by atoms with van der Waals surface area (Å²) >= 11 is 5.42. The predicted octanol–water partition coefficient (Wildman–Crippen LogP) is 2.18. The average Bonchev–Trinajstić information content (AvgIpc) is 2.15. The Labute approximate surface area is 86.3 Å². The Morgan fingerprint density at radius 2 is 2.36 bits per heavy atom. The van der Waals surface area contributed by atoms with Crippen molar-refractivity contribution in [3.05, 3.63) is 24.1 Å². The van der Waals surface area contributed by atoms with Gasteiger partial charge in [-0.2, -0.15) is 4.39 Å². The zero-order chi connectivity index (χ0) is 10.4. The lowest BCUT2D eigenvalue weighted by Gasteiger charge is -2.02. The van der Waals surface area contributed by atoms with Crippen molar-refractivity contribution in [2.75, 3.05) is 11.2 Å². The molecule has 5 heteroatoms. The SMILES string of the molecule is O=C(CCCCl)Nc1cccc(F)n1. The quantitative estimate of drug-likeness (QED) is 0.619. The van der Waals surface area contributed by atoms with E-state index in [2.05, 4.69) is 10.3 Å². The maximum atomic E-state index is 12.6. The number of halogens is 2. The number of rotatable bonds is 4. The number of nitrogens with zero attached hydrogens (tertiary/aromatic N) is 1. The Balaban J connectivity index is 2.47. The molecular weight excluding hydrogens is 207 g/mol. The number of amides is 1. The molecule has 0 saturated heterocycles. The van der Waals surface area contributed by atoms with E-state index in [0.29, 0.717) is 18.7 Å². The van der Waals surface area contributed by atoms with Gasteiger partial charge in [0.2, 0.25) is 11.9 Å². The fourth-order valence-corrected chi connectivity index (χ4v) is 1.04. The van der Waals surface area contributed by atoms with E-state index in [-0.39, 0.29) is 11.7 Å². The summed E-state index contributed by atoms with van der Waals surface area (Å²) in [7, 11) is 0. The van der Waals surface area contributed by atoms with Gasteiger partial charge in [-0.1, -0.05) is 6.07 Å². The third-order valence-electron chi connectivity index (χ3n) is 1.52. The fraction of sp³-hybridized carbons (Fsp3) is 0.333. The number of hydrogen-bond acceptors (Lipinski definition) is 2. The molecule has 1 heterocycles. The van der Waals surface area contributed by atoms with E-state index >= 15 is 0 Å². The van der Waals surface area contributed by atoms with Crippen LogP contribution in [0.4, 0.5) is 10.2 Å². The summed E-state index contributed by atoms with van der Waals surface area (Å²) in [5.41, 5.74) is 0. The minimum absolute atomic E-state index is 0.205. The molecule has 0 aliphatic heterocycles. The third kappa shape index (κ3) is 3.70. The summed E-state index contributed by atoms with van der Waals surface area (Å²) in [6.45, 7) is 0. The maximum absolute atomic E-state index is 12.6. The molecule has 14 heavy (non-hydrogen) atoms. The molecule has 0 fully saturated rings. The Kier molecular flexibility index (Phi) is 4.32. The summed E-state index contributed by atoms with van der Waals surface area (Å²) in [5, 5.41) is 2.47. The first-order chi connectivity index (χ1) is 6.72. The van der Waals surface area contributed by atoms with Gasteiger partial charge in [-0.3, -0.25) is 4.79 Å². The van der Waals surface area contributed by atoms with Gasteiger partial charge < -0.3 is 5.32 Å². The topological polar surface area (TPSA) is 42.0 Å². The van der Waals surface area contributed by atoms with E-state index in [1.807, 2.05) is 0 Å². The number of alkyl halides is 1. The van der Waals surface area contributed by atoms with Crippen molar-refractivity contribution < 1.29 is 9.18 Å². The second kappa shape index (κ2) is 5.54. The fourth-order valence-electron chi connectivity index (χ4n) is 0.911. The number of aromatic nitrogens is 1. The Morgan fingerprint density at radius 1 is 1.57 bits per heavy atom. The van der Waals surface area contributed by atoms with Crippen LogP contribution in [0.5, 0.6) is 0 Å². The highest BCUT2D eigenvalue weighted by atomic mass is 35.5. The molecule has 0 aliphatic carbocycles. The van der Waals surface area contributed by atoms with Crippen molar-refractivity contribution in [3.8, 4) is 0 Å². The molecule has 0 aliphatic rings. The number of carbonyl (C=O) groups is 1. The highest BCUT2D eigenvalue weighted by Gasteiger charge is 2.02. The first-order valence-electron chi connectivity index (χ1n) is 4.21. The van der Waals surface area contributed by atoms with Gasteiger partial charge in [-0.15, -0.1) is 11.6 Å². The molecule has 1 aromatic rings. The molecule has 0 aromatic carbocycles. The molecule has 0 saturated carbocycles. The normalized spacial score (nSPS) is 9.86. The molecule has 1 aromatic heterocycles. The first-order valence-corrected chi connectivity index (χ1v) is 4.74. The van der Waals surface area contributed by atoms with E-state index in [0.717, 1.165) is 0 Å². The van der Waals surface area contributed by atoms with Crippen molar-refractivity contribution in [1.82, 2.24) is 4.98 Å². The van der Waals surface area contributed by atoms with Crippen LogP contribution < -0.4 is 5.32 Å². The molecule has 3 nitrogen and oxygen atoms in total. The summed E-state index contributed by atoms with van der Waals surface area (Å²) in [6.07, 6.45) is 0.921. The zero-order valence-corrected chi connectivity index (χ0v) is 8.22. The Morgan fingerprint density at radius 3 is 3.00 bits per heavy atom. The number of anilines is 1.